The molecule has 10 nitrogen and oxygen atoms in total. The summed E-state index contributed by atoms with van der Waals surface area (Å²) >= 11 is 0. The molecule has 4 aromatic rings. The maximum atomic E-state index is 14.7. The molecule has 1 aliphatic heterocycles. The molecule has 1 amide bonds. The molecule has 5 heterocycles. The number of halogens is 1. The summed E-state index contributed by atoms with van der Waals surface area (Å²) in [6.07, 6.45) is 5.57. The van der Waals surface area contributed by atoms with E-state index in [4.69, 9.17) is 9.72 Å². The fourth-order valence-electron chi connectivity index (χ4n) is 5.11. The molecule has 3 N–H and O–H groups in total. The molecule has 1 unspecified atom stereocenters. The van der Waals surface area contributed by atoms with E-state index in [1.54, 1.807) is 17.8 Å². The molecule has 1 saturated carbocycles. The van der Waals surface area contributed by atoms with Crippen LogP contribution >= 0.6 is 0 Å². The maximum Gasteiger partial charge on any atom is 0.257 e. The van der Waals surface area contributed by atoms with Crippen molar-refractivity contribution >= 4 is 28.4 Å². The van der Waals surface area contributed by atoms with Gasteiger partial charge in [-0.05, 0) is 31.4 Å². The van der Waals surface area contributed by atoms with Crippen molar-refractivity contribution in [3.05, 3.63) is 42.4 Å². The number of anilines is 1. The number of aliphatic hydroxyl groups is 1. The zero-order chi connectivity index (χ0) is 24.1. The van der Waals surface area contributed by atoms with Gasteiger partial charge >= 0.3 is 0 Å². The van der Waals surface area contributed by atoms with E-state index in [0.29, 0.717) is 29.2 Å². The van der Waals surface area contributed by atoms with Crippen LogP contribution in [0.2, 0.25) is 0 Å². The number of fused-ring (bicyclic) bond motifs is 2. The monoisotopic (exact) mass is 479 g/mol. The Morgan fingerprint density at radius 1 is 1.29 bits per heavy atom. The molecule has 2 aliphatic rings. The van der Waals surface area contributed by atoms with Crippen LogP contribution in [0.5, 0.6) is 0 Å². The van der Waals surface area contributed by atoms with Crippen LogP contribution in [-0.2, 0) is 4.74 Å². The van der Waals surface area contributed by atoms with E-state index >= 15 is 0 Å². The molecule has 0 spiro atoms. The second-order valence-electron chi connectivity index (χ2n) is 9.09. The van der Waals surface area contributed by atoms with Gasteiger partial charge in [0.25, 0.3) is 5.91 Å². The van der Waals surface area contributed by atoms with E-state index in [-0.39, 0.29) is 24.8 Å². The van der Waals surface area contributed by atoms with Crippen molar-refractivity contribution in [2.45, 2.75) is 43.6 Å². The number of aromatic nitrogens is 5. The summed E-state index contributed by atoms with van der Waals surface area (Å²) in [7, 11) is 1.77. The van der Waals surface area contributed by atoms with Crippen molar-refractivity contribution in [2.24, 2.45) is 0 Å². The van der Waals surface area contributed by atoms with E-state index in [2.05, 4.69) is 20.7 Å². The SMILES string of the molecule is CNc1cc(-c2cn([C@@H]3CCC[C@@H]3F)c3ncccc23)nc2c(C(=O)N[C@H]3COCC3O)cnn12. The third-order valence-corrected chi connectivity index (χ3v) is 6.96. The van der Waals surface area contributed by atoms with Crippen molar-refractivity contribution in [1.29, 1.82) is 0 Å². The van der Waals surface area contributed by atoms with Crippen molar-refractivity contribution in [2.75, 3.05) is 25.6 Å². The molecule has 1 saturated heterocycles. The van der Waals surface area contributed by atoms with Gasteiger partial charge in [0.05, 0.1) is 43.3 Å². The normalized spacial score (nSPS) is 24.4. The minimum absolute atomic E-state index is 0.185. The molecule has 0 radical (unpaired) electrons. The minimum atomic E-state index is -0.913. The fourth-order valence-corrected chi connectivity index (χ4v) is 5.11. The van der Waals surface area contributed by atoms with Crippen molar-refractivity contribution in [3.8, 4) is 11.3 Å². The smallest absolute Gasteiger partial charge is 0.257 e. The van der Waals surface area contributed by atoms with Gasteiger partial charge in [-0.1, -0.05) is 0 Å². The van der Waals surface area contributed by atoms with Crippen molar-refractivity contribution in [1.82, 2.24) is 29.5 Å². The highest BCUT2D eigenvalue weighted by Gasteiger charge is 2.31. The number of rotatable bonds is 5. The summed E-state index contributed by atoms with van der Waals surface area (Å²) in [5.41, 5.74) is 2.78. The number of nitrogens with zero attached hydrogens (tertiary/aromatic N) is 5. The van der Waals surface area contributed by atoms with Crippen LogP contribution in [0, 0.1) is 0 Å². The molecule has 4 atom stereocenters. The summed E-state index contributed by atoms with van der Waals surface area (Å²) in [5, 5.41) is 21.2. The number of nitrogens with one attached hydrogen (secondary N) is 2. The topological polar surface area (TPSA) is 119 Å². The number of amides is 1. The molecule has 1 aliphatic carbocycles. The van der Waals surface area contributed by atoms with Crippen LogP contribution in [0.1, 0.15) is 35.7 Å². The zero-order valence-electron chi connectivity index (χ0n) is 19.2. The van der Waals surface area contributed by atoms with E-state index in [1.165, 1.54) is 6.20 Å². The van der Waals surface area contributed by atoms with Gasteiger partial charge in [0, 0.05) is 36.5 Å². The summed E-state index contributed by atoms with van der Waals surface area (Å²) in [6.45, 7) is 0.431. The lowest BCUT2D eigenvalue weighted by Crippen LogP contribution is -2.42. The Bertz CT molecular complexity index is 1420. The van der Waals surface area contributed by atoms with E-state index < -0.39 is 24.2 Å². The lowest BCUT2D eigenvalue weighted by molar-refractivity contribution is 0.0888. The Morgan fingerprint density at radius 2 is 2.17 bits per heavy atom. The first kappa shape index (κ1) is 21.9. The van der Waals surface area contributed by atoms with Gasteiger partial charge in [0.15, 0.2) is 5.65 Å². The predicted molar refractivity (Wildman–Crippen MR) is 127 cm³/mol. The number of aliphatic hydroxyl groups excluding tert-OH is 1. The number of alkyl halides is 1. The molecule has 182 valence electrons. The molecule has 6 rings (SSSR count). The standard InChI is InChI=1S/C24H26FN7O3/c1-26-21-8-17(15-10-31(19-6-2-5-16(19)25)22-13(15)4-3-7-27-22)29-23-14(9-28-32(21)23)24(34)30-18-11-35-12-20(18)33/h3-4,7-10,16,18-20,26,33H,2,5-6,11-12H2,1H3,(H,30,34)/t16-,18-,19+,20?/m0/s1. The first-order valence-electron chi connectivity index (χ1n) is 11.8. The largest absolute Gasteiger partial charge is 0.388 e. The minimum Gasteiger partial charge on any atom is -0.388 e. The Kier molecular flexibility index (Phi) is 5.37. The number of carbonyl (C=O) groups is 1. The second kappa shape index (κ2) is 8.58. The highest BCUT2D eigenvalue weighted by molar-refractivity contribution is 6.01. The first-order valence-corrected chi connectivity index (χ1v) is 11.8. The number of carbonyl (C=O) groups excluding carboxylic acids is 1. The summed E-state index contributed by atoms with van der Waals surface area (Å²) < 4.78 is 23.4. The van der Waals surface area contributed by atoms with Crippen LogP contribution in [-0.4, -0.2) is 73.7 Å². The number of ether oxygens (including phenoxy) is 1. The van der Waals surface area contributed by atoms with Crippen LogP contribution < -0.4 is 10.6 Å². The molecule has 4 aromatic heterocycles. The molecule has 2 fully saturated rings. The highest BCUT2D eigenvalue weighted by atomic mass is 19.1. The first-order chi connectivity index (χ1) is 17.0. The second-order valence-corrected chi connectivity index (χ2v) is 9.09. The molecular weight excluding hydrogens is 453 g/mol. The Morgan fingerprint density at radius 3 is 2.91 bits per heavy atom. The van der Waals surface area contributed by atoms with Crippen molar-refractivity contribution in [3.63, 3.8) is 0 Å². The third kappa shape index (κ3) is 3.62. The zero-order valence-corrected chi connectivity index (χ0v) is 19.2. The number of hydrogen-bond acceptors (Lipinski definition) is 7. The van der Waals surface area contributed by atoms with Gasteiger partial charge in [-0.2, -0.15) is 9.61 Å². The van der Waals surface area contributed by atoms with Crippen LogP contribution in [0.15, 0.2) is 36.8 Å². The highest BCUT2D eigenvalue weighted by Crippen LogP contribution is 2.38. The molecule has 35 heavy (non-hydrogen) atoms. The predicted octanol–water partition coefficient (Wildman–Crippen LogP) is 2.34. The van der Waals surface area contributed by atoms with E-state index in [1.807, 2.05) is 29.0 Å². The quantitative estimate of drug-likeness (QED) is 0.402. The van der Waals surface area contributed by atoms with Crippen molar-refractivity contribution < 1.29 is 19.0 Å². The lowest BCUT2D eigenvalue weighted by atomic mass is 10.1. The van der Waals surface area contributed by atoms with Gasteiger partial charge < -0.3 is 25.0 Å². The molecular formula is C24H26FN7O3. The average molecular weight is 480 g/mol. The van der Waals surface area contributed by atoms with Crippen LogP contribution in [0.3, 0.4) is 0 Å². The van der Waals surface area contributed by atoms with Crippen LogP contribution in [0.25, 0.3) is 27.9 Å². The van der Waals surface area contributed by atoms with E-state index in [0.717, 1.165) is 23.8 Å². The summed E-state index contributed by atoms with van der Waals surface area (Å²) in [4.78, 5) is 22.4. The maximum absolute atomic E-state index is 14.7. The Hall–Kier alpha value is -3.57. The summed E-state index contributed by atoms with van der Waals surface area (Å²) in [6, 6.07) is 4.90. The van der Waals surface area contributed by atoms with Gasteiger partial charge in [-0.3, -0.25) is 4.79 Å². The van der Waals surface area contributed by atoms with Crippen LogP contribution in [0.4, 0.5) is 10.2 Å². The van der Waals surface area contributed by atoms with Gasteiger partial charge in [0.1, 0.15) is 23.2 Å². The Labute approximate surface area is 200 Å². The number of hydrogen-bond donors (Lipinski definition) is 3. The summed E-state index contributed by atoms with van der Waals surface area (Å²) in [5.74, 6) is 0.249. The number of pyridine rings is 1. The molecule has 0 bridgehead atoms. The average Bonchev–Trinajstić information content (AvgIpc) is 3.65. The van der Waals surface area contributed by atoms with Gasteiger partial charge in [0.2, 0.25) is 0 Å². The van der Waals surface area contributed by atoms with E-state index in [9.17, 15) is 14.3 Å². The molecule has 11 heteroatoms. The fraction of sp³-hybridized carbons (Fsp3) is 0.417. The Balaban J connectivity index is 1.47. The van der Waals surface area contributed by atoms with Gasteiger partial charge in [-0.15, -0.1) is 0 Å². The lowest BCUT2D eigenvalue weighted by Gasteiger charge is -2.15. The third-order valence-electron chi connectivity index (χ3n) is 6.96. The molecule has 0 aromatic carbocycles. The van der Waals surface area contributed by atoms with Gasteiger partial charge in [-0.25, -0.2) is 14.4 Å².